The second kappa shape index (κ2) is 8.01. The zero-order valence-corrected chi connectivity index (χ0v) is 15.4. The number of hydrogen-bond acceptors (Lipinski definition) is 5. The minimum atomic E-state index is -3.64. The van der Waals surface area contributed by atoms with Crippen molar-refractivity contribution in [2.45, 2.75) is 30.2 Å². The zero-order chi connectivity index (χ0) is 17.9. The molecule has 1 unspecified atom stereocenters. The summed E-state index contributed by atoms with van der Waals surface area (Å²) < 4.78 is 32.2. The largest absolute Gasteiger partial charge is 0.378 e. The van der Waals surface area contributed by atoms with Gasteiger partial charge in [-0.25, -0.2) is 8.42 Å². The molecular formula is C16H22ClN3O4S. The lowest BCUT2D eigenvalue weighted by Crippen LogP contribution is -2.43. The first-order valence-electron chi connectivity index (χ1n) is 8.37. The van der Waals surface area contributed by atoms with E-state index < -0.39 is 10.0 Å². The Labute approximate surface area is 152 Å². The predicted molar refractivity (Wildman–Crippen MR) is 95.3 cm³/mol. The maximum absolute atomic E-state index is 12.7. The van der Waals surface area contributed by atoms with E-state index in [2.05, 4.69) is 10.6 Å². The Balaban J connectivity index is 1.71. The Hall–Kier alpha value is -1.19. The van der Waals surface area contributed by atoms with E-state index in [4.69, 9.17) is 16.3 Å². The van der Waals surface area contributed by atoms with Gasteiger partial charge in [-0.15, -0.1) is 0 Å². The van der Waals surface area contributed by atoms with Crippen molar-refractivity contribution in [3.8, 4) is 0 Å². The van der Waals surface area contributed by atoms with E-state index in [1.54, 1.807) is 6.07 Å². The fraction of sp³-hybridized carbons (Fsp3) is 0.562. The third kappa shape index (κ3) is 4.51. The lowest BCUT2D eigenvalue weighted by molar-refractivity contribution is -0.117. The lowest BCUT2D eigenvalue weighted by Gasteiger charge is -2.23. The van der Waals surface area contributed by atoms with Gasteiger partial charge < -0.3 is 15.4 Å². The van der Waals surface area contributed by atoms with E-state index in [9.17, 15) is 13.2 Å². The average molecular weight is 388 g/mol. The van der Waals surface area contributed by atoms with E-state index in [1.807, 2.05) is 0 Å². The van der Waals surface area contributed by atoms with Gasteiger partial charge in [-0.1, -0.05) is 11.6 Å². The molecular weight excluding hydrogens is 366 g/mol. The average Bonchev–Trinajstić information content (AvgIpc) is 3.13. The summed E-state index contributed by atoms with van der Waals surface area (Å²) in [5, 5.41) is 6.11. The number of halogens is 1. The molecule has 2 N–H and O–H groups in total. The normalized spacial score (nSPS) is 22.0. The van der Waals surface area contributed by atoms with Crippen LogP contribution in [0.5, 0.6) is 0 Å². The summed E-state index contributed by atoms with van der Waals surface area (Å²) in [5.74, 6) is -0.199. The molecule has 0 spiro atoms. The van der Waals surface area contributed by atoms with Crippen LogP contribution in [0.25, 0.3) is 0 Å². The number of morpholine rings is 1. The van der Waals surface area contributed by atoms with Gasteiger partial charge in [0.15, 0.2) is 0 Å². The molecule has 0 bridgehead atoms. The van der Waals surface area contributed by atoms with E-state index >= 15 is 0 Å². The highest BCUT2D eigenvalue weighted by Crippen LogP contribution is 2.29. The van der Waals surface area contributed by atoms with E-state index in [0.29, 0.717) is 32.0 Å². The highest BCUT2D eigenvalue weighted by molar-refractivity contribution is 7.89. The van der Waals surface area contributed by atoms with Gasteiger partial charge in [0, 0.05) is 37.8 Å². The maximum Gasteiger partial charge on any atom is 0.244 e. The molecule has 7 nitrogen and oxygen atoms in total. The van der Waals surface area contributed by atoms with Crippen LogP contribution in [0.15, 0.2) is 23.1 Å². The molecule has 1 atom stereocenters. The number of hydrogen-bond donors (Lipinski definition) is 2. The van der Waals surface area contributed by atoms with Gasteiger partial charge in [0.25, 0.3) is 0 Å². The second-order valence-electron chi connectivity index (χ2n) is 6.23. The minimum absolute atomic E-state index is 0.0335. The number of nitrogens with one attached hydrogen (secondary N) is 2. The molecule has 2 fully saturated rings. The topological polar surface area (TPSA) is 87.7 Å². The molecule has 1 aromatic carbocycles. The van der Waals surface area contributed by atoms with Crippen LogP contribution in [0.1, 0.15) is 19.3 Å². The first-order valence-corrected chi connectivity index (χ1v) is 10.2. The molecule has 2 aliphatic heterocycles. The molecule has 138 valence electrons. The van der Waals surface area contributed by atoms with Gasteiger partial charge >= 0.3 is 0 Å². The second-order valence-corrected chi connectivity index (χ2v) is 8.55. The fourth-order valence-corrected chi connectivity index (χ4v) is 5.05. The van der Waals surface area contributed by atoms with Crippen LogP contribution >= 0.6 is 11.6 Å². The van der Waals surface area contributed by atoms with Crippen LogP contribution in [-0.4, -0.2) is 57.5 Å². The number of amides is 1. The highest BCUT2D eigenvalue weighted by Gasteiger charge is 2.29. The van der Waals surface area contributed by atoms with E-state index in [1.165, 1.54) is 16.4 Å². The number of rotatable bonds is 5. The van der Waals surface area contributed by atoms with Crippen LogP contribution in [0.3, 0.4) is 0 Å². The van der Waals surface area contributed by atoms with Crippen LogP contribution in [0.4, 0.5) is 5.69 Å². The van der Waals surface area contributed by atoms with Gasteiger partial charge in [0.05, 0.1) is 18.2 Å². The Morgan fingerprint density at radius 3 is 2.80 bits per heavy atom. The number of carbonyl (C=O) groups is 1. The maximum atomic E-state index is 12.7. The first kappa shape index (κ1) is 18.6. The van der Waals surface area contributed by atoms with Crippen molar-refractivity contribution in [2.24, 2.45) is 0 Å². The van der Waals surface area contributed by atoms with Gasteiger partial charge in [-0.3, -0.25) is 4.79 Å². The summed E-state index contributed by atoms with van der Waals surface area (Å²) in [7, 11) is -3.64. The third-order valence-electron chi connectivity index (χ3n) is 4.33. The smallest absolute Gasteiger partial charge is 0.244 e. The van der Waals surface area contributed by atoms with Gasteiger partial charge in [0.2, 0.25) is 15.9 Å². The Morgan fingerprint density at radius 1 is 1.36 bits per heavy atom. The molecule has 1 amide bonds. The molecule has 25 heavy (non-hydrogen) atoms. The highest BCUT2D eigenvalue weighted by atomic mass is 35.5. The number of sulfonamides is 1. The van der Waals surface area contributed by atoms with Gasteiger partial charge in [-0.2, -0.15) is 4.31 Å². The van der Waals surface area contributed by atoms with Gasteiger partial charge in [0.1, 0.15) is 4.90 Å². The van der Waals surface area contributed by atoms with Crippen molar-refractivity contribution in [2.75, 3.05) is 38.2 Å². The molecule has 2 saturated heterocycles. The summed E-state index contributed by atoms with van der Waals surface area (Å²) in [6.07, 6.45) is 1.96. The van der Waals surface area contributed by atoms with Crippen molar-refractivity contribution in [1.29, 1.82) is 0 Å². The molecule has 3 rings (SSSR count). The van der Waals surface area contributed by atoms with Crippen LogP contribution in [-0.2, 0) is 19.6 Å². The van der Waals surface area contributed by atoms with Crippen molar-refractivity contribution in [3.63, 3.8) is 0 Å². The quantitative estimate of drug-likeness (QED) is 0.798. The molecule has 0 radical (unpaired) electrons. The SMILES string of the molecule is O=C(CC1COCCN1)Nc1ccc(Cl)c(S(=O)(=O)N2CCCC2)c1. The summed E-state index contributed by atoms with van der Waals surface area (Å²) in [6, 6.07) is 4.50. The minimum Gasteiger partial charge on any atom is -0.378 e. The number of anilines is 1. The van der Waals surface area contributed by atoms with E-state index in [-0.39, 0.29) is 28.3 Å². The molecule has 0 aromatic heterocycles. The zero-order valence-electron chi connectivity index (χ0n) is 13.8. The van der Waals surface area contributed by atoms with Crippen molar-refractivity contribution >= 4 is 33.2 Å². The third-order valence-corrected chi connectivity index (χ3v) is 6.71. The molecule has 0 saturated carbocycles. The van der Waals surface area contributed by atoms with Crippen LogP contribution in [0.2, 0.25) is 5.02 Å². The van der Waals surface area contributed by atoms with Gasteiger partial charge in [-0.05, 0) is 31.0 Å². The predicted octanol–water partition coefficient (Wildman–Crippen LogP) is 1.44. The van der Waals surface area contributed by atoms with Crippen LogP contribution < -0.4 is 10.6 Å². The first-order chi connectivity index (χ1) is 12.0. The summed E-state index contributed by atoms with van der Waals surface area (Å²) in [5.41, 5.74) is 0.420. The Kier molecular flexibility index (Phi) is 5.96. The number of nitrogens with zero attached hydrogens (tertiary/aromatic N) is 1. The number of carbonyl (C=O) groups excluding carboxylic acids is 1. The Bertz CT molecular complexity index is 729. The van der Waals surface area contributed by atoms with Crippen molar-refractivity contribution < 1.29 is 17.9 Å². The van der Waals surface area contributed by atoms with Crippen molar-refractivity contribution in [1.82, 2.24) is 9.62 Å². The molecule has 2 heterocycles. The standard InChI is InChI=1S/C16H22ClN3O4S/c17-14-4-3-12(19-16(21)10-13-11-24-8-5-18-13)9-15(14)25(22,23)20-6-1-2-7-20/h3-4,9,13,18H,1-2,5-8,10-11H2,(H,19,21). The fourth-order valence-electron chi connectivity index (χ4n) is 3.03. The molecule has 2 aliphatic rings. The summed E-state index contributed by atoms with van der Waals surface area (Å²) in [4.78, 5) is 12.2. The molecule has 1 aromatic rings. The summed E-state index contributed by atoms with van der Waals surface area (Å²) >= 11 is 6.11. The molecule has 0 aliphatic carbocycles. The van der Waals surface area contributed by atoms with Crippen LogP contribution in [0, 0.1) is 0 Å². The number of benzene rings is 1. The lowest BCUT2D eigenvalue weighted by atomic mass is 10.2. The monoisotopic (exact) mass is 387 g/mol. The van der Waals surface area contributed by atoms with Crippen molar-refractivity contribution in [3.05, 3.63) is 23.2 Å². The number of ether oxygens (including phenoxy) is 1. The van der Waals surface area contributed by atoms with E-state index in [0.717, 1.165) is 19.4 Å². The molecule has 9 heteroatoms. The Morgan fingerprint density at radius 2 is 2.12 bits per heavy atom. The summed E-state index contributed by atoms with van der Waals surface area (Å²) in [6.45, 7) is 2.86.